The van der Waals surface area contributed by atoms with Crippen molar-refractivity contribution in [1.29, 1.82) is 0 Å². The molecule has 1 heterocycles. The predicted molar refractivity (Wildman–Crippen MR) is 98.2 cm³/mol. The Morgan fingerprint density at radius 3 is 2.44 bits per heavy atom. The topological polar surface area (TPSA) is 58.2 Å². The van der Waals surface area contributed by atoms with Crippen LogP contribution in [-0.4, -0.2) is 11.8 Å². The molecular weight excluding hydrogens is 410 g/mol. The Morgan fingerprint density at radius 1 is 0.960 bits per heavy atom. The van der Waals surface area contributed by atoms with Crippen molar-refractivity contribution < 1.29 is 14.0 Å². The lowest BCUT2D eigenvalue weighted by atomic mass is 10.2. The van der Waals surface area contributed by atoms with E-state index in [1.54, 1.807) is 0 Å². The minimum Gasteiger partial charge on any atom is -0.267 e. The van der Waals surface area contributed by atoms with Gasteiger partial charge in [-0.1, -0.05) is 34.8 Å². The van der Waals surface area contributed by atoms with Gasteiger partial charge < -0.3 is 0 Å². The molecule has 3 aromatic rings. The predicted octanol–water partition coefficient (Wildman–Crippen LogP) is 5.08. The van der Waals surface area contributed by atoms with Crippen molar-refractivity contribution in [3.63, 3.8) is 0 Å². The van der Waals surface area contributed by atoms with Crippen LogP contribution >= 0.6 is 46.1 Å². The van der Waals surface area contributed by atoms with Crippen molar-refractivity contribution in [1.82, 2.24) is 10.9 Å². The average molecular weight is 418 g/mol. The number of halogens is 4. The number of hydrogen-bond acceptors (Lipinski definition) is 3. The third-order valence-electron chi connectivity index (χ3n) is 3.26. The number of hydrogen-bond donors (Lipinski definition) is 2. The lowest BCUT2D eigenvalue weighted by molar-refractivity contribution is 0.0849. The first-order valence-corrected chi connectivity index (χ1v) is 8.75. The molecule has 0 fully saturated rings. The second-order valence-electron chi connectivity index (χ2n) is 4.92. The summed E-state index contributed by atoms with van der Waals surface area (Å²) in [6.45, 7) is 0. The molecule has 0 unspecified atom stereocenters. The highest BCUT2D eigenvalue weighted by Gasteiger charge is 2.19. The van der Waals surface area contributed by atoms with Gasteiger partial charge in [-0.05, 0) is 36.4 Å². The van der Waals surface area contributed by atoms with Crippen LogP contribution in [0.5, 0.6) is 0 Å². The van der Waals surface area contributed by atoms with Gasteiger partial charge in [-0.25, -0.2) is 4.39 Å². The zero-order valence-corrected chi connectivity index (χ0v) is 15.3. The van der Waals surface area contributed by atoms with E-state index in [1.165, 1.54) is 36.4 Å². The maximum atomic E-state index is 13.3. The molecule has 4 nitrogen and oxygen atoms in total. The number of carbonyl (C=O) groups is 2. The Morgan fingerprint density at radius 2 is 1.68 bits per heavy atom. The fourth-order valence-corrected chi connectivity index (χ4v) is 3.91. The number of carbonyl (C=O) groups excluding carboxylic acids is 2. The Bertz CT molecular complexity index is 1010. The largest absolute Gasteiger partial charge is 0.281 e. The van der Waals surface area contributed by atoms with E-state index in [4.69, 9.17) is 34.8 Å². The van der Waals surface area contributed by atoms with E-state index in [1.807, 2.05) is 0 Å². The van der Waals surface area contributed by atoms with Gasteiger partial charge in [-0.3, -0.25) is 20.4 Å². The van der Waals surface area contributed by atoms with Gasteiger partial charge in [0.1, 0.15) is 10.7 Å². The summed E-state index contributed by atoms with van der Waals surface area (Å²) in [5, 5.41) is 1.26. The molecule has 3 rings (SSSR count). The Balaban J connectivity index is 1.78. The monoisotopic (exact) mass is 416 g/mol. The summed E-state index contributed by atoms with van der Waals surface area (Å²) >= 11 is 18.9. The van der Waals surface area contributed by atoms with Gasteiger partial charge in [-0.2, -0.15) is 0 Å². The molecule has 2 amide bonds. The van der Waals surface area contributed by atoms with Crippen LogP contribution in [0.3, 0.4) is 0 Å². The number of thiophene rings is 1. The number of hydrazine groups is 1. The molecule has 0 atom stereocenters. The lowest BCUT2D eigenvalue weighted by Crippen LogP contribution is -2.41. The summed E-state index contributed by atoms with van der Waals surface area (Å²) in [6.07, 6.45) is 0. The molecule has 9 heteroatoms. The SMILES string of the molecule is O=C(NNC(=O)c1sc2cc(F)ccc2c1Cl)c1cc(Cl)ccc1Cl. The zero-order chi connectivity index (χ0) is 18.1. The van der Waals surface area contributed by atoms with Gasteiger partial charge in [0.05, 0.1) is 15.6 Å². The number of nitrogens with one attached hydrogen (secondary N) is 2. The highest BCUT2D eigenvalue weighted by molar-refractivity contribution is 7.21. The summed E-state index contributed by atoms with van der Waals surface area (Å²) < 4.78 is 13.8. The van der Waals surface area contributed by atoms with Crippen LogP contribution in [0.1, 0.15) is 20.0 Å². The normalized spacial score (nSPS) is 10.7. The second kappa shape index (κ2) is 7.17. The van der Waals surface area contributed by atoms with Gasteiger partial charge in [0.15, 0.2) is 0 Å². The molecule has 2 aromatic carbocycles. The van der Waals surface area contributed by atoms with Gasteiger partial charge >= 0.3 is 0 Å². The van der Waals surface area contributed by atoms with Crippen LogP contribution in [0.2, 0.25) is 15.1 Å². The molecule has 0 radical (unpaired) electrons. The maximum Gasteiger partial charge on any atom is 0.281 e. The first kappa shape index (κ1) is 17.9. The van der Waals surface area contributed by atoms with E-state index >= 15 is 0 Å². The van der Waals surface area contributed by atoms with Gasteiger partial charge in [-0.15, -0.1) is 11.3 Å². The van der Waals surface area contributed by atoms with E-state index < -0.39 is 17.6 Å². The van der Waals surface area contributed by atoms with E-state index in [9.17, 15) is 14.0 Å². The average Bonchev–Trinajstić information content (AvgIpc) is 2.90. The van der Waals surface area contributed by atoms with Crippen LogP contribution in [0, 0.1) is 5.82 Å². The number of amides is 2. The van der Waals surface area contributed by atoms with Crippen molar-refractivity contribution >= 4 is 68.0 Å². The molecule has 25 heavy (non-hydrogen) atoms. The molecule has 0 saturated carbocycles. The fourth-order valence-electron chi connectivity index (χ4n) is 2.09. The van der Waals surface area contributed by atoms with Crippen molar-refractivity contribution in [3.8, 4) is 0 Å². The first-order valence-electron chi connectivity index (χ1n) is 6.80. The van der Waals surface area contributed by atoms with Gasteiger partial charge in [0.2, 0.25) is 0 Å². The summed E-state index contributed by atoms with van der Waals surface area (Å²) in [7, 11) is 0. The molecule has 0 bridgehead atoms. The summed E-state index contributed by atoms with van der Waals surface area (Å²) in [5.41, 5.74) is 4.60. The lowest BCUT2D eigenvalue weighted by Gasteiger charge is -2.08. The van der Waals surface area contributed by atoms with E-state index in [2.05, 4.69) is 10.9 Å². The summed E-state index contributed by atoms with van der Waals surface area (Å²) in [4.78, 5) is 24.5. The van der Waals surface area contributed by atoms with E-state index in [0.29, 0.717) is 15.1 Å². The third kappa shape index (κ3) is 3.72. The maximum absolute atomic E-state index is 13.3. The molecule has 0 aliphatic carbocycles. The number of rotatable bonds is 2. The molecule has 1 aromatic heterocycles. The molecule has 0 aliphatic rings. The molecular formula is C16H8Cl3FN2O2S. The second-order valence-corrected chi connectivity index (χ2v) is 7.19. The molecule has 0 aliphatic heterocycles. The summed E-state index contributed by atoms with van der Waals surface area (Å²) in [6, 6.07) is 8.41. The van der Waals surface area contributed by atoms with Crippen molar-refractivity contribution in [2.45, 2.75) is 0 Å². The van der Waals surface area contributed by atoms with Crippen LogP contribution in [-0.2, 0) is 0 Å². The minimum absolute atomic E-state index is 0.110. The van der Waals surface area contributed by atoms with Crippen LogP contribution < -0.4 is 10.9 Å². The Kier molecular flexibility index (Phi) is 5.15. The highest BCUT2D eigenvalue weighted by atomic mass is 35.5. The molecule has 0 saturated heterocycles. The van der Waals surface area contributed by atoms with Crippen LogP contribution in [0.4, 0.5) is 4.39 Å². The van der Waals surface area contributed by atoms with Crippen molar-refractivity contribution in [2.75, 3.05) is 0 Å². The Labute approximate surface area is 160 Å². The van der Waals surface area contributed by atoms with E-state index in [0.717, 1.165) is 11.3 Å². The molecule has 0 spiro atoms. The van der Waals surface area contributed by atoms with Crippen LogP contribution in [0.25, 0.3) is 10.1 Å². The standard InChI is InChI=1S/C16H8Cl3FN2O2S/c17-7-1-4-11(18)10(5-7)15(23)21-22-16(24)14-13(19)9-3-2-8(20)6-12(9)25-14/h1-6H,(H,21,23)(H,22,24). The fraction of sp³-hybridized carbons (Fsp3) is 0. The van der Waals surface area contributed by atoms with Crippen molar-refractivity contribution in [2.24, 2.45) is 0 Å². The first-order chi connectivity index (χ1) is 11.9. The minimum atomic E-state index is -0.635. The van der Waals surface area contributed by atoms with Crippen molar-refractivity contribution in [3.05, 3.63) is 67.7 Å². The third-order valence-corrected chi connectivity index (χ3v) is 5.48. The quantitative estimate of drug-likeness (QED) is 0.572. The molecule has 2 N–H and O–H groups in total. The Hall–Kier alpha value is -1.86. The smallest absolute Gasteiger partial charge is 0.267 e. The summed E-state index contributed by atoms with van der Waals surface area (Å²) in [5.74, 6) is -1.69. The number of fused-ring (bicyclic) bond motifs is 1. The van der Waals surface area contributed by atoms with Crippen LogP contribution in [0.15, 0.2) is 36.4 Å². The number of benzene rings is 2. The highest BCUT2D eigenvalue weighted by Crippen LogP contribution is 2.35. The van der Waals surface area contributed by atoms with Gasteiger partial charge in [0.25, 0.3) is 11.8 Å². The van der Waals surface area contributed by atoms with E-state index in [-0.39, 0.29) is 20.5 Å². The molecule has 128 valence electrons. The zero-order valence-electron chi connectivity index (χ0n) is 12.2. The van der Waals surface area contributed by atoms with Gasteiger partial charge in [0, 0.05) is 15.1 Å².